The number of carboxylic acids is 1. The molecule has 3 amide bonds. The lowest BCUT2D eigenvalue weighted by molar-refractivity contribution is -0.149. The Labute approximate surface area is 176 Å². The minimum absolute atomic E-state index is 0.163. The number of urea groups is 1. The first kappa shape index (κ1) is 22.4. The van der Waals surface area contributed by atoms with Crippen LogP contribution in [-0.2, 0) is 16.0 Å². The molecule has 28 heavy (non-hydrogen) atoms. The van der Waals surface area contributed by atoms with E-state index in [1.54, 1.807) is 6.92 Å². The minimum atomic E-state index is -1.07. The molecule has 0 aliphatic carbocycles. The summed E-state index contributed by atoms with van der Waals surface area (Å²) in [6, 6.07) is 7.86. The molecule has 0 radical (unpaired) electrons. The molecule has 4 atom stereocenters. The second kappa shape index (κ2) is 10.6. The van der Waals surface area contributed by atoms with Crippen LogP contribution in [0.3, 0.4) is 0 Å². The van der Waals surface area contributed by atoms with Gasteiger partial charge in [-0.25, -0.2) is 9.59 Å². The number of carbonyl (C=O) groups is 3. The molecule has 1 aliphatic heterocycles. The van der Waals surface area contributed by atoms with Crippen molar-refractivity contribution >= 4 is 43.2 Å². The molecule has 0 aromatic heterocycles. The number of rotatable bonds is 8. The van der Waals surface area contributed by atoms with E-state index in [0.29, 0.717) is 17.9 Å². The zero-order chi connectivity index (χ0) is 20.7. The molecular weight excluding hydrogens is 398 g/mol. The van der Waals surface area contributed by atoms with Crippen molar-refractivity contribution in [3.05, 3.63) is 35.9 Å². The molecule has 7 nitrogen and oxygen atoms in total. The molecule has 1 fully saturated rings. The second-order valence-corrected chi connectivity index (χ2v) is 7.78. The molecule has 1 aromatic carbocycles. The van der Waals surface area contributed by atoms with Crippen LogP contribution in [0.1, 0.15) is 18.9 Å². The van der Waals surface area contributed by atoms with Gasteiger partial charge in [-0.05, 0) is 12.0 Å². The lowest BCUT2D eigenvalue weighted by atomic mass is 10.1. The number of carboxylic acid groups (broad SMARTS) is 1. The molecule has 0 bridgehead atoms. The SMILES string of the molecule is C[C@H](CS)C(=O)N1C[C@@H](NC(=O)NC(CS)Cc2ccccc2)C[C@H]1C(=O)O. The van der Waals surface area contributed by atoms with Gasteiger partial charge < -0.3 is 20.6 Å². The lowest BCUT2D eigenvalue weighted by Gasteiger charge is -2.24. The zero-order valence-electron chi connectivity index (χ0n) is 15.7. The summed E-state index contributed by atoms with van der Waals surface area (Å²) in [6.45, 7) is 1.88. The molecular formula is C19H27N3O4S2. The molecule has 3 N–H and O–H groups in total. The average Bonchev–Trinajstić information content (AvgIpc) is 3.10. The number of amides is 3. The number of benzene rings is 1. The Bertz CT molecular complexity index is 689. The summed E-state index contributed by atoms with van der Waals surface area (Å²) >= 11 is 8.42. The Hall–Kier alpha value is -1.87. The summed E-state index contributed by atoms with van der Waals surface area (Å²) in [5, 5.41) is 15.1. The standard InChI is InChI=1S/C19H27N3O4S2/c1-12(10-27)17(23)22-9-14(8-16(22)18(24)25)20-19(26)21-15(11-28)7-13-5-3-2-4-6-13/h2-6,12,14-16,27-28H,7-11H2,1H3,(H,24,25)(H2,20,21,26)/t12-,14+,15?,16+/m1/s1. The number of nitrogens with zero attached hydrogens (tertiary/aromatic N) is 1. The summed E-state index contributed by atoms with van der Waals surface area (Å²) in [4.78, 5) is 37.7. The zero-order valence-corrected chi connectivity index (χ0v) is 17.5. The van der Waals surface area contributed by atoms with Gasteiger partial charge in [0.25, 0.3) is 0 Å². The normalized spacial score (nSPS) is 21.0. The van der Waals surface area contributed by atoms with Crippen LogP contribution in [0.25, 0.3) is 0 Å². The summed E-state index contributed by atoms with van der Waals surface area (Å²) < 4.78 is 0. The third kappa shape index (κ3) is 6.07. The number of aliphatic carboxylic acids is 1. The minimum Gasteiger partial charge on any atom is -0.480 e. The van der Waals surface area contributed by atoms with Crippen LogP contribution in [0.4, 0.5) is 4.79 Å². The molecule has 0 saturated carbocycles. The van der Waals surface area contributed by atoms with Gasteiger partial charge in [-0.2, -0.15) is 25.3 Å². The molecule has 9 heteroatoms. The molecule has 1 aromatic rings. The highest BCUT2D eigenvalue weighted by Crippen LogP contribution is 2.21. The van der Waals surface area contributed by atoms with Crippen molar-refractivity contribution in [1.82, 2.24) is 15.5 Å². The van der Waals surface area contributed by atoms with E-state index < -0.39 is 18.1 Å². The van der Waals surface area contributed by atoms with Gasteiger partial charge in [-0.3, -0.25) is 4.79 Å². The molecule has 0 spiro atoms. The van der Waals surface area contributed by atoms with Crippen LogP contribution in [0.15, 0.2) is 30.3 Å². The van der Waals surface area contributed by atoms with Crippen LogP contribution in [0.2, 0.25) is 0 Å². The Kier molecular flexibility index (Phi) is 8.50. The van der Waals surface area contributed by atoms with Gasteiger partial charge in [0.05, 0.1) is 6.04 Å². The van der Waals surface area contributed by atoms with Gasteiger partial charge in [0.15, 0.2) is 0 Å². The fraction of sp³-hybridized carbons (Fsp3) is 0.526. The van der Waals surface area contributed by atoms with Crippen molar-refractivity contribution in [2.45, 2.75) is 37.9 Å². The van der Waals surface area contributed by atoms with E-state index >= 15 is 0 Å². The first-order chi connectivity index (χ1) is 13.3. The maximum Gasteiger partial charge on any atom is 0.326 e. The largest absolute Gasteiger partial charge is 0.480 e. The van der Waals surface area contributed by atoms with Gasteiger partial charge in [-0.15, -0.1) is 0 Å². The molecule has 154 valence electrons. The van der Waals surface area contributed by atoms with Crippen LogP contribution in [0.5, 0.6) is 0 Å². The Morgan fingerprint density at radius 1 is 1.21 bits per heavy atom. The fourth-order valence-electron chi connectivity index (χ4n) is 3.25. The summed E-state index contributed by atoms with van der Waals surface area (Å²) in [5.74, 6) is -0.901. The van der Waals surface area contributed by atoms with Gasteiger partial charge in [0.1, 0.15) is 6.04 Å². The molecule has 1 unspecified atom stereocenters. The van der Waals surface area contributed by atoms with Crippen LogP contribution in [0, 0.1) is 5.92 Å². The highest BCUT2D eigenvalue weighted by Gasteiger charge is 2.41. The van der Waals surface area contributed by atoms with E-state index in [9.17, 15) is 19.5 Å². The van der Waals surface area contributed by atoms with E-state index in [0.717, 1.165) is 5.56 Å². The van der Waals surface area contributed by atoms with E-state index in [4.69, 9.17) is 0 Å². The first-order valence-electron chi connectivity index (χ1n) is 9.21. The Morgan fingerprint density at radius 2 is 1.89 bits per heavy atom. The summed E-state index contributed by atoms with van der Waals surface area (Å²) in [5.41, 5.74) is 1.09. The molecule has 1 saturated heterocycles. The number of thiol groups is 2. The third-order valence-corrected chi connectivity index (χ3v) is 5.77. The van der Waals surface area contributed by atoms with E-state index in [1.165, 1.54) is 4.90 Å². The molecule has 1 aliphatic rings. The van der Waals surface area contributed by atoms with Crippen molar-refractivity contribution in [2.24, 2.45) is 5.92 Å². The quantitative estimate of drug-likeness (QED) is 0.407. The van der Waals surface area contributed by atoms with Crippen LogP contribution < -0.4 is 10.6 Å². The van der Waals surface area contributed by atoms with Gasteiger partial charge in [0, 0.05) is 36.4 Å². The smallest absolute Gasteiger partial charge is 0.326 e. The average molecular weight is 426 g/mol. The Balaban J connectivity index is 1.93. The van der Waals surface area contributed by atoms with Gasteiger partial charge in [-0.1, -0.05) is 37.3 Å². The molecule has 1 heterocycles. The van der Waals surface area contributed by atoms with Gasteiger partial charge in [0.2, 0.25) is 5.91 Å². The highest BCUT2D eigenvalue weighted by molar-refractivity contribution is 7.80. The van der Waals surface area contributed by atoms with Crippen molar-refractivity contribution in [1.29, 1.82) is 0 Å². The van der Waals surface area contributed by atoms with Crippen molar-refractivity contribution < 1.29 is 19.5 Å². The Morgan fingerprint density at radius 3 is 2.46 bits per heavy atom. The number of nitrogens with one attached hydrogen (secondary N) is 2. The van der Waals surface area contributed by atoms with E-state index in [2.05, 4.69) is 35.9 Å². The number of likely N-dealkylation sites (tertiary alicyclic amines) is 1. The number of hydrogen-bond acceptors (Lipinski definition) is 5. The molecule has 2 rings (SSSR count). The highest BCUT2D eigenvalue weighted by atomic mass is 32.1. The van der Waals surface area contributed by atoms with Crippen LogP contribution >= 0.6 is 25.3 Å². The summed E-state index contributed by atoms with van der Waals surface area (Å²) in [6.07, 6.45) is 0.822. The predicted octanol–water partition coefficient (Wildman–Crippen LogP) is 1.45. The lowest BCUT2D eigenvalue weighted by Crippen LogP contribution is -2.48. The number of hydrogen-bond donors (Lipinski definition) is 5. The van der Waals surface area contributed by atoms with E-state index in [-0.39, 0.29) is 36.9 Å². The topological polar surface area (TPSA) is 98.7 Å². The summed E-state index contributed by atoms with van der Waals surface area (Å²) in [7, 11) is 0. The first-order valence-corrected chi connectivity index (χ1v) is 10.5. The van der Waals surface area contributed by atoms with Crippen molar-refractivity contribution in [3.63, 3.8) is 0 Å². The van der Waals surface area contributed by atoms with Gasteiger partial charge >= 0.3 is 12.0 Å². The van der Waals surface area contributed by atoms with E-state index in [1.807, 2.05) is 30.3 Å². The maximum absolute atomic E-state index is 12.4. The maximum atomic E-state index is 12.4. The third-order valence-electron chi connectivity index (χ3n) is 4.78. The number of carbonyl (C=O) groups excluding carboxylic acids is 2. The monoisotopic (exact) mass is 425 g/mol. The van der Waals surface area contributed by atoms with Crippen molar-refractivity contribution in [2.75, 3.05) is 18.1 Å². The predicted molar refractivity (Wildman–Crippen MR) is 114 cm³/mol. The van der Waals surface area contributed by atoms with Crippen molar-refractivity contribution in [3.8, 4) is 0 Å². The second-order valence-electron chi connectivity index (χ2n) is 7.05. The fourth-order valence-corrected chi connectivity index (χ4v) is 3.63. The van der Waals surface area contributed by atoms with Crippen LogP contribution in [-0.4, -0.2) is 64.1 Å².